The van der Waals surface area contributed by atoms with Gasteiger partial charge in [0, 0.05) is 13.0 Å². The molecule has 2 amide bonds. The highest BCUT2D eigenvalue weighted by Crippen LogP contribution is 2.57. The summed E-state index contributed by atoms with van der Waals surface area (Å²) in [6.07, 6.45) is 8.40. The van der Waals surface area contributed by atoms with Gasteiger partial charge in [0.2, 0.25) is 0 Å². The fourth-order valence-corrected chi connectivity index (χ4v) is 6.76. The van der Waals surface area contributed by atoms with Crippen molar-refractivity contribution in [3.05, 3.63) is 34.9 Å². The molecule has 1 N–H and O–H groups in total. The lowest BCUT2D eigenvalue weighted by atomic mass is 9.54. The smallest absolute Gasteiger partial charge is 0.338 e. The van der Waals surface area contributed by atoms with Crippen molar-refractivity contribution in [2.75, 3.05) is 6.54 Å². The van der Waals surface area contributed by atoms with Gasteiger partial charge in [-0.3, -0.25) is 19.3 Å². The third-order valence-electron chi connectivity index (χ3n) is 7.77. The number of rotatable bonds is 8. The summed E-state index contributed by atoms with van der Waals surface area (Å²) in [5.41, 5.74) is 0.531. The van der Waals surface area contributed by atoms with Crippen molar-refractivity contribution >= 4 is 23.8 Å². The minimum atomic E-state index is -0.848. The van der Waals surface area contributed by atoms with Gasteiger partial charge >= 0.3 is 11.9 Å². The number of hydrogen-bond acceptors (Lipinski definition) is 5. The Morgan fingerprint density at radius 2 is 1.56 bits per heavy atom. The number of hydrogen-bond donors (Lipinski definition) is 1. The van der Waals surface area contributed by atoms with Crippen molar-refractivity contribution in [1.82, 2.24) is 4.90 Å². The summed E-state index contributed by atoms with van der Waals surface area (Å²) < 4.78 is 6.10. The van der Waals surface area contributed by atoms with E-state index in [2.05, 4.69) is 0 Å². The second-order valence-corrected chi connectivity index (χ2v) is 10.2. The van der Waals surface area contributed by atoms with Crippen molar-refractivity contribution in [2.24, 2.45) is 17.8 Å². The second-order valence-electron chi connectivity index (χ2n) is 10.2. The van der Waals surface area contributed by atoms with Crippen LogP contribution in [0.3, 0.4) is 0 Å². The van der Waals surface area contributed by atoms with E-state index < -0.39 is 17.8 Å². The summed E-state index contributed by atoms with van der Waals surface area (Å²) in [7, 11) is 0. The van der Waals surface area contributed by atoms with Crippen LogP contribution in [0.15, 0.2) is 18.2 Å². The fraction of sp³-hybridized carbons (Fsp3) is 0.600. The first-order valence-corrected chi connectivity index (χ1v) is 11.8. The van der Waals surface area contributed by atoms with E-state index in [9.17, 15) is 19.2 Å². The molecule has 4 fully saturated rings. The topological polar surface area (TPSA) is 101 Å². The Hall–Kier alpha value is -2.70. The number of nitrogens with zero attached hydrogens (tertiary/aromatic N) is 1. The lowest BCUT2D eigenvalue weighted by Crippen LogP contribution is -2.52. The number of carbonyl (C=O) groups excluding carboxylic acids is 3. The molecule has 5 aliphatic rings. The van der Waals surface area contributed by atoms with Gasteiger partial charge in [0.05, 0.1) is 16.7 Å². The molecule has 7 heteroatoms. The van der Waals surface area contributed by atoms with Crippen LogP contribution in [-0.4, -0.2) is 45.9 Å². The molecule has 6 rings (SSSR count). The average Bonchev–Trinajstić information content (AvgIpc) is 2.96. The third kappa shape index (κ3) is 3.82. The first-order chi connectivity index (χ1) is 15.3. The SMILES string of the molecule is O=C(O)CCCCCN1C(=O)c2ccc(C(=O)OC34CC5CC(CC(C5)C3)C4)cc2C1=O. The molecular formula is C25H29NO6. The van der Waals surface area contributed by atoms with Crippen LogP contribution >= 0.6 is 0 Å². The molecule has 4 saturated carbocycles. The summed E-state index contributed by atoms with van der Waals surface area (Å²) in [4.78, 5) is 50.3. The number of unbranched alkanes of at least 4 members (excludes halogenated alkanes) is 2. The van der Waals surface area contributed by atoms with Crippen molar-refractivity contribution in [1.29, 1.82) is 0 Å². The molecular weight excluding hydrogens is 410 g/mol. The molecule has 0 saturated heterocycles. The van der Waals surface area contributed by atoms with Crippen LogP contribution < -0.4 is 0 Å². The minimum absolute atomic E-state index is 0.0807. The lowest BCUT2D eigenvalue weighted by molar-refractivity contribution is -0.137. The molecule has 0 atom stereocenters. The van der Waals surface area contributed by atoms with Crippen LogP contribution in [0, 0.1) is 17.8 Å². The van der Waals surface area contributed by atoms with Crippen molar-refractivity contribution in [2.45, 2.75) is 69.8 Å². The number of imide groups is 1. The Morgan fingerprint density at radius 3 is 2.19 bits per heavy atom. The van der Waals surface area contributed by atoms with E-state index in [4.69, 9.17) is 9.84 Å². The molecule has 1 heterocycles. The fourth-order valence-electron chi connectivity index (χ4n) is 6.76. The number of fused-ring (bicyclic) bond motifs is 1. The van der Waals surface area contributed by atoms with Crippen molar-refractivity contribution in [3.63, 3.8) is 0 Å². The predicted molar refractivity (Wildman–Crippen MR) is 114 cm³/mol. The molecule has 0 unspecified atom stereocenters. The van der Waals surface area contributed by atoms with Crippen LogP contribution in [0.4, 0.5) is 0 Å². The molecule has 7 nitrogen and oxygen atoms in total. The van der Waals surface area contributed by atoms with Gasteiger partial charge in [0.15, 0.2) is 0 Å². The molecule has 32 heavy (non-hydrogen) atoms. The summed E-state index contributed by atoms with van der Waals surface area (Å²) in [5, 5.41) is 8.71. The van der Waals surface area contributed by atoms with Crippen LogP contribution in [0.25, 0.3) is 0 Å². The van der Waals surface area contributed by atoms with Crippen LogP contribution in [0.1, 0.15) is 95.3 Å². The first-order valence-electron chi connectivity index (χ1n) is 11.8. The molecule has 0 radical (unpaired) electrons. The molecule has 1 aromatic rings. The molecule has 4 bridgehead atoms. The minimum Gasteiger partial charge on any atom is -0.481 e. The van der Waals surface area contributed by atoms with Crippen LogP contribution in [-0.2, 0) is 9.53 Å². The van der Waals surface area contributed by atoms with Gasteiger partial charge < -0.3 is 9.84 Å². The van der Waals surface area contributed by atoms with E-state index >= 15 is 0 Å². The monoisotopic (exact) mass is 439 g/mol. The highest BCUT2D eigenvalue weighted by molar-refractivity contribution is 6.21. The maximum atomic E-state index is 13.0. The van der Waals surface area contributed by atoms with E-state index in [0.717, 1.165) is 19.3 Å². The highest BCUT2D eigenvalue weighted by Gasteiger charge is 2.53. The lowest BCUT2D eigenvalue weighted by Gasteiger charge is -2.55. The number of carboxylic acids is 1. The summed E-state index contributed by atoms with van der Waals surface area (Å²) in [6.45, 7) is 0.249. The molecule has 1 aromatic carbocycles. The van der Waals surface area contributed by atoms with Crippen LogP contribution in [0.2, 0.25) is 0 Å². The van der Waals surface area contributed by atoms with Crippen LogP contribution in [0.5, 0.6) is 0 Å². The maximum Gasteiger partial charge on any atom is 0.338 e. The van der Waals surface area contributed by atoms with Gasteiger partial charge in [0.1, 0.15) is 5.60 Å². The van der Waals surface area contributed by atoms with Gasteiger partial charge in [-0.05, 0) is 87.3 Å². The summed E-state index contributed by atoms with van der Waals surface area (Å²) in [5.74, 6) is -0.00952. The summed E-state index contributed by atoms with van der Waals surface area (Å²) in [6, 6.07) is 4.64. The van der Waals surface area contributed by atoms with E-state index in [1.54, 1.807) is 12.1 Å². The second kappa shape index (κ2) is 8.01. The highest BCUT2D eigenvalue weighted by atomic mass is 16.6. The number of benzene rings is 1. The average molecular weight is 440 g/mol. The zero-order valence-corrected chi connectivity index (χ0v) is 18.2. The zero-order chi connectivity index (χ0) is 22.5. The maximum absolute atomic E-state index is 13.0. The van der Waals surface area contributed by atoms with E-state index in [1.807, 2.05) is 0 Å². The number of carboxylic acid groups (broad SMARTS) is 1. The van der Waals surface area contributed by atoms with Crippen molar-refractivity contribution in [3.8, 4) is 0 Å². The Morgan fingerprint density at radius 1 is 0.938 bits per heavy atom. The van der Waals surface area contributed by atoms with Gasteiger partial charge in [-0.1, -0.05) is 6.42 Å². The molecule has 0 aromatic heterocycles. The standard InChI is InChI=1S/C25H29NO6/c27-21(28)4-2-1-3-7-26-22(29)19-6-5-18(11-20(19)23(26)30)24(31)32-25-12-15-8-16(13-25)10-17(9-15)14-25/h5-6,11,15-17H,1-4,7-10,12-14H2,(H,27,28). The largest absolute Gasteiger partial charge is 0.481 e. The van der Waals surface area contributed by atoms with Gasteiger partial charge in [0.25, 0.3) is 11.8 Å². The Kier molecular flexibility index (Phi) is 5.30. The first kappa shape index (κ1) is 21.2. The predicted octanol–water partition coefficient (Wildman–Crippen LogP) is 4.05. The molecule has 4 aliphatic carbocycles. The Balaban J connectivity index is 1.24. The van der Waals surface area contributed by atoms with Gasteiger partial charge in [-0.15, -0.1) is 0 Å². The number of amides is 2. The molecule has 170 valence electrons. The number of ether oxygens (including phenoxy) is 1. The third-order valence-corrected chi connectivity index (χ3v) is 7.77. The Labute approximate surface area is 187 Å². The molecule has 1 aliphatic heterocycles. The quantitative estimate of drug-likeness (QED) is 0.372. The van der Waals surface area contributed by atoms with E-state index in [1.165, 1.54) is 30.2 Å². The van der Waals surface area contributed by atoms with E-state index in [0.29, 0.717) is 48.1 Å². The van der Waals surface area contributed by atoms with Gasteiger partial charge in [-0.2, -0.15) is 0 Å². The zero-order valence-electron chi connectivity index (χ0n) is 18.2. The summed E-state index contributed by atoms with van der Waals surface area (Å²) >= 11 is 0. The van der Waals surface area contributed by atoms with Gasteiger partial charge in [-0.25, -0.2) is 4.79 Å². The van der Waals surface area contributed by atoms with Crippen molar-refractivity contribution < 1.29 is 29.0 Å². The Bertz CT molecular complexity index is 947. The normalized spacial score (nSPS) is 30.0. The molecule has 0 spiro atoms. The number of esters is 1. The number of aliphatic carboxylic acids is 1. The van der Waals surface area contributed by atoms with E-state index in [-0.39, 0.29) is 30.0 Å². The number of carbonyl (C=O) groups is 4.